The Bertz CT molecular complexity index is 875. The number of aromatic nitrogens is 1. The molecule has 0 spiro atoms. The highest BCUT2D eigenvalue weighted by atomic mass is 28.4. The summed E-state index contributed by atoms with van der Waals surface area (Å²) in [5.74, 6) is -0.0484. The predicted octanol–water partition coefficient (Wildman–Crippen LogP) is 3.35. The number of benzene rings is 2. The minimum atomic E-state index is -2.69. The summed E-state index contributed by atoms with van der Waals surface area (Å²) >= 11 is 0. The number of para-hydroxylation sites is 2. The molecule has 3 aromatic rings. The molecule has 0 aliphatic rings. The molecule has 1 atom stereocenters. The van der Waals surface area contributed by atoms with Gasteiger partial charge in [-0.05, 0) is 19.1 Å². The molecule has 0 fully saturated rings. The summed E-state index contributed by atoms with van der Waals surface area (Å²) in [4.78, 5) is 12.8. The van der Waals surface area contributed by atoms with Crippen molar-refractivity contribution in [1.29, 1.82) is 0 Å². The smallest absolute Gasteiger partial charge is 0.377 e. The topological polar surface area (TPSA) is 61.7 Å². The number of amides is 1. The Morgan fingerprint density at radius 3 is 1.93 bits per heavy atom. The molecule has 1 aromatic heterocycles. The van der Waals surface area contributed by atoms with E-state index in [9.17, 15) is 4.79 Å². The highest BCUT2D eigenvalue weighted by Gasteiger charge is 2.37. The summed E-state index contributed by atoms with van der Waals surface area (Å²) in [6, 6.07) is 16.5. The number of nitrogens with one attached hydrogen (secondary N) is 1. The van der Waals surface area contributed by atoms with E-state index < -0.39 is 8.80 Å². The van der Waals surface area contributed by atoms with Crippen molar-refractivity contribution in [3.8, 4) is 0 Å². The van der Waals surface area contributed by atoms with E-state index in [-0.39, 0.29) is 11.9 Å². The molecular formula is C20H26N2O4Si. The minimum absolute atomic E-state index is 0.0484. The van der Waals surface area contributed by atoms with Crippen LogP contribution in [0.5, 0.6) is 0 Å². The molecule has 1 N–H and O–H groups in total. The summed E-state index contributed by atoms with van der Waals surface area (Å²) in [7, 11) is 2.02. The van der Waals surface area contributed by atoms with Crippen LogP contribution in [0.1, 0.15) is 13.0 Å². The van der Waals surface area contributed by atoms with Crippen LogP contribution in [0, 0.1) is 0 Å². The third-order valence-electron chi connectivity index (χ3n) is 5.05. The Labute approximate surface area is 160 Å². The Morgan fingerprint density at radius 2 is 1.44 bits per heavy atom. The van der Waals surface area contributed by atoms with Gasteiger partial charge in [0, 0.05) is 55.7 Å². The van der Waals surface area contributed by atoms with Crippen LogP contribution in [0.3, 0.4) is 0 Å². The third-order valence-corrected chi connectivity index (χ3v) is 7.78. The van der Waals surface area contributed by atoms with Crippen LogP contribution in [0.2, 0.25) is 6.04 Å². The molecule has 0 saturated carbocycles. The van der Waals surface area contributed by atoms with Crippen LogP contribution in [0.4, 0.5) is 0 Å². The van der Waals surface area contributed by atoms with Crippen molar-refractivity contribution in [2.24, 2.45) is 0 Å². The van der Waals surface area contributed by atoms with Crippen LogP contribution >= 0.6 is 0 Å². The first-order valence-corrected chi connectivity index (χ1v) is 10.9. The lowest BCUT2D eigenvalue weighted by atomic mass is 10.2. The molecule has 0 bridgehead atoms. The van der Waals surface area contributed by atoms with Gasteiger partial charge in [-0.1, -0.05) is 36.4 Å². The van der Waals surface area contributed by atoms with Crippen LogP contribution in [-0.2, 0) is 18.1 Å². The summed E-state index contributed by atoms with van der Waals surface area (Å²) in [5.41, 5.74) is 2.10. The van der Waals surface area contributed by atoms with Crippen molar-refractivity contribution >= 4 is 36.5 Å². The highest BCUT2D eigenvalue weighted by molar-refractivity contribution is 6.60. The van der Waals surface area contributed by atoms with Gasteiger partial charge < -0.3 is 23.2 Å². The lowest BCUT2D eigenvalue weighted by Crippen LogP contribution is -2.46. The van der Waals surface area contributed by atoms with Gasteiger partial charge in [-0.2, -0.15) is 0 Å². The van der Waals surface area contributed by atoms with Gasteiger partial charge in [0.15, 0.2) is 0 Å². The molecule has 27 heavy (non-hydrogen) atoms. The first-order valence-electron chi connectivity index (χ1n) is 8.97. The molecule has 1 heterocycles. The normalized spacial score (nSPS) is 13.2. The maximum atomic E-state index is 12.8. The molecule has 3 rings (SSSR count). The molecule has 2 aromatic carbocycles. The molecule has 0 unspecified atom stereocenters. The zero-order chi connectivity index (χ0) is 19.4. The van der Waals surface area contributed by atoms with Crippen LogP contribution in [0.15, 0.2) is 48.5 Å². The van der Waals surface area contributed by atoms with E-state index in [1.54, 1.807) is 21.3 Å². The van der Waals surface area contributed by atoms with Gasteiger partial charge in [-0.3, -0.25) is 4.79 Å². The van der Waals surface area contributed by atoms with Crippen LogP contribution in [0.25, 0.3) is 21.8 Å². The molecule has 144 valence electrons. The standard InChI is InChI=1S/C20H26N2O4Si/c1-15(20(23)21-13-14-27(24-2,25-3)26-4)22-18-11-7-5-9-16(18)17-10-6-8-12-19(17)22/h5-12,15H,13-14H2,1-4H3,(H,21,23)/t15-/m0/s1. The quantitative estimate of drug-likeness (QED) is 0.603. The molecule has 6 nitrogen and oxygen atoms in total. The average Bonchev–Trinajstić information content (AvgIpc) is 3.05. The monoisotopic (exact) mass is 386 g/mol. The van der Waals surface area contributed by atoms with Gasteiger partial charge >= 0.3 is 8.80 Å². The molecule has 0 aliphatic heterocycles. The van der Waals surface area contributed by atoms with Crippen LogP contribution < -0.4 is 5.32 Å². The Kier molecular flexibility index (Phi) is 5.96. The molecular weight excluding hydrogens is 360 g/mol. The highest BCUT2D eigenvalue weighted by Crippen LogP contribution is 2.31. The number of rotatable bonds is 8. The van der Waals surface area contributed by atoms with Crippen molar-refractivity contribution in [3.05, 3.63) is 48.5 Å². The van der Waals surface area contributed by atoms with E-state index in [4.69, 9.17) is 13.3 Å². The van der Waals surface area contributed by atoms with Gasteiger partial charge in [-0.25, -0.2) is 0 Å². The Hall–Kier alpha value is -2.19. The molecule has 0 radical (unpaired) electrons. The summed E-state index contributed by atoms with van der Waals surface area (Å²) in [6.45, 7) is 2.35. The van der Waals surface area contributed by atoms with Crippen molar-refractivity contribution in [3.63, 3.8) is 0 Å². The summed E-state index contributed by atoms with van der Waals surface area (Å²) in [5, 5.41) is 5.29. The number of nitrogens with zero attached hydrogens (tertiary/aromatic N) is 1. The maximum absolute atomic E-state index is 12.8. The number of hydrogen-bond donors (Lipinski definition) is 1. The number of carbonyl (C=O) groups is 1. The van der Waals surface area contributed by atoms with Crippen molar-refractivity contribution in [1.82, 2.24) is 9.88 Å². The van der Waals surface area contributed by atoms with Crippen LogP contribution in [-0.4, -0.2) is 47.2 Å². The Balaban J connectivity index is 1.83. The van der Waals surface area contributed by atoms with Crippen molar-refractivity contribution in [2.75, 3.05) is 27.9 Å². The van der Waals surface area contributed by atoms with E-state index in [1.165, 1.54) is 0 Å². The summed E-state index contributed by atoms with van der Waals surface area (Å²) < 4.78 is 18.3. The predicted molar refractivity (Wildman–Crippen MR) is 109 cm³/mol. The fourth-order valence-corrected chi connectivity index (χ4v) is 5.07. The number of fused-ring (bicyclic) bond motifs is 3. The van der Waals surface area contributed by atoms with Gasteiger partial charge in [0.05, 0.1) is 0 Å². The van der Waals surface area contributed by atoms with Gasteiger partial charge in [-0.15, -0.1) is 0 Å². The lowest BCUT2D eigenvalue weighted by molar-refractivity contribution is -0.123. The second-order valence-electron chi connectivity index (χ2n) is 6.42. The molecule has 1 amide bonds. The molecule has 0 saturated heterocycles. The van der Waals surface area contributed by atoms with E-state index in [0.717, 1.165) is 21.8 Å². The maximum Gasteiger partial charge on any atom is 0.501 e. The zero-order valence-corrected chi connectivity index (χ0v) is 17.2. The van der Waals surface area contributed by atoms with Gasteiger partial charge in [0.2, 0.25) is 5.91 Å². The van der Waals surface area contributed by atoms with Crippen molar-refractivity contribution < 1.29 is 18.1 Å². The van der Waals surface area contributed by atoms with E-state index in [2.05, 4.69) is 34.1 Å². The zero-order valence-electron chi connectivity index (χ0n) is 16.2. The second-order valence-corrected chi connectivity index (χ2v) is 9.51. The van der Waals surface area contributed by atoms with E-state index in [0.29, 0.717) is 12.6 Å². The second kappa shape index (κ2) is 8.22. The van der Waals surface area contributed by atoms with Crippen molar-refractivity contribution in [2.45, 2.75) is 19.0 Å². The largest absolute Gasteiger partial charge is 0.501 e. The SMILES string of the molecule is CO[Si](CCNC(=O)[C@H](C)n1c2ccccc2c2ccccc21)(OC)OC. The molecule has 7 heteroatoms. The first kappa shape index (κ1) is 19.6. The lowest BCUT2D eigenvalue weighted by Gasteiger charge is -2.24. The van der Waals surface area contributed by atoms with Gasteiger partial charge in [0.1, 0.15) is 6.04 Å². The number of hydrogen-bond acceptors (Lipinski definition) is 4. The Morgan fingerprint density at radius 1 is 0.963 bits per heavy atom. The minimum Gasteiger partial charge on any atom is -0.377 e. The van der Waals surface area contributed by atoms with Gasteiger partial charge in [0.25, 0.3) is 0 Å². The van der Waals surface area contributed by atoms with E-state index >= 15 is 0 Å². The third kappa shape index (κ3) is 3.64. The average molecular weight is 387 g/mol. The molecule has 0 aliphatic carbocycles. The first-order chi connectivity index (χ1) is 13.1. The van der Waals surface area contributed by atoms with E-state index in [1.807, 2.05) is 31.2 Å². The number of carbonyl (C=O) groups excluding carboxylic acids is 1. The fraction of sp³-hybridized carbons (Fsp3) is 0.350. The fourth-order valence-electron chi connectivity index (χ4n) is 3.53. The summed E-state index contributed by atoms with van der Waals surface area (Å²) in [6.07, 6.45) is 0.